The summed E-state index contributed by atoms with van der Waals surface area (Å²) in [6.45, 7) is 4.84. The van der Waals surface area contributed by atoms with Crippen LogP contribution in [-0.2, 0) is 11.3 Å². The molecule has 0 saturated heterocycles. The minimum atomic E-state index is -0.227. The number of nitrogens with zero attached hydrogens (tertiary/aromatic N) is 4. The lowest BCUT2D eigenvalue weighted by atomic mass is 10.1. The number of carbonyl (C=O) groups is 2. The number of nitrogens with one attached hydrogen (secondary N) is 1. The summed E-state index contributed by atoms with van der Waals surface area (Å²) in [5.74, 6) is 0.898. The van der Waals surface area contributed by atoms with Crippen LogP contribution in [0.1, 0.15) is 24.2 Å². The zero-order valence-electron chi connectivity index (χ0n) is 13.4. The van der Waals surface area contributed by atoms with Crippen LogP contribution in [0.5, 0.6) is 5.75 Å². The number of amides is 1. The summed E-state index contributed by atoms with van der Waals surface area (Å²) in [5.41, 5.74) is 1.03. The molecular formula is C15H17N5O3S. The van der Waals surface area contributed by atoms with Gasteiger partial charge in [0, 0.05) is 12.1 Å². The molecule has 1 N–H and O–H groups in total. The molecule has 0 bridgehead atoms. The van der Waals surface area contributed by atoms with Crippen LogP contribution >= 0.6 is 11.8 Å². The number of Topliss-reactive ketones (excluding diaryl/α,β-unsaturated/α-hetero) is 1. The van der Waals surface area contributed by atoms with E-state index in [-0.39, 0.29) is 24.1 Å². The number of hydrogen-bond acceptors (Lipinski definition) is 7. The summed E-state index contributed by atoms with van der Waals surface area (Å²) in [5, 5.41) is 14.9. The van der Waals surface area contributed by atoms with Crippen LogP contribution in [0.2, 0.25) is 0 Å². The molecule has 0 spiro atoms. The smallest absolute Gasteiger partial charge is 0.262 e. The van der Waals surface area contributed by atoms with Crippen LogP contribution in [0.3, 0.4) is 0 Å². The third kappa shape index (κ3) is 3.73. The van der Waals surface area contributed by atoms with Crippen LogP contribution in [-0.4, -0.2) is 44.3 Å². The van der Waals surface area contributed by atoms with E-state index in [0.29, 0.717) is 34.6 Å². The first-order valence-electron chi connectivity index (χ1n) is 7.52. The predicted octanol–water partition coefficient (Wildman–Crippen LogP) is 1.63. The molecule has 1 aliphatic heterocycles. The zero-order valence-corrected chi connectivity index (χ0v) is 14.2. The van der Waals surface area contributed by atoms with Crippen LogP contribution in [0.25, 0.3) is 0 Å². The van der Waals surface area contributed by atoms with Crippen molar-refractivity contribution in [2.24, 2.45) is 5.92 Å². The molecule has 24 heavy (non-hydrogen) atoms. The van der Waals surface area contributed by atoms with E-state index in [1.807, 2.05) is 0 Å². The number of aromatic nitrogens is 4. The predicted molar refractivity (Wildman–Crippen MR) is 88.3 cm³/mol. The number of fused-ring (bicyclic) bond motifs is 1. The highest BCUT2D eigenvalue weighted by Crippen LogP contribution is 2.29. The zero-order chi connectivity index (χ0) is 17.1. The van der Waals surface area contributed by atoms with E-state index in [0.717, 1.165) is 0 Å². The minimum Gasteiger partial charge on any atom is -0.482 e. The molecule has 0 aliphatic carbocycles. The summed E-state index contributed by atoms with van der Waals surface area (Å²) < 4.78 is 6.98. The second-order valence-corrected chi connectivity index (χ2v) is 6.74. The lowest BCUT2D eigenvalue weighted by Gasteiger charge is -2.18. The fourth-order valence-electron chi connectivity index (χ4n) is 2.23. The van der Waals surface area contributed by atoms with Crippen molar-refractivity contribution in [3.63, 3.8) is 0 Å². The third-order valence-electron chi connectivity index (χ3n) is 3.30. The number of carbonyl (C=O) groups excluding carboxylic acids is 2. The first kappa shape index (κ1) is 16.4. The van der Waals surface area contributed by atoms with Gasteiger partial charge in [-0.25, -0.2) is 4.68 Å². The molecule has 2 aromatic rings. The van der Waals surface area contributed by atoms with Crippen molar-refractivity contribution >= 4 is 29.1 Å². The number of thioether (sulfide) groups is 1. The molecule has 8 nitrogen and oxygen atoms in total. The Kier molecular flexibility index (Phi) is 4.79. The van der Waals surface area contributed by atoms with E-state index in [9.17, 15) is 9.59 Å². The molecule has 3 rings (SSSR count). The molecule has 0 saturated carbocycles. The first-order chi connectivity index (χ1) is 11.5. The van der Waals surface area contributed by atoms with Gasteiger partial charge < -0.3 is 10.1 Å². The Morgan fingerprint density at radius 3 is 3.08 bits per heavy atom. The van der Waals surface area contributed by atoms with Gasteiger partial charge in [0.1, 0.15) is 5.75 Å². The number of hydrogen-bond donors (Lipinski definition) is 1. The van der Waals surface area contributed by atoms with Crippen molar-refractivity contribution in [3.05, 3.63) is 23.8 Å². The number of rotatable bonds is 6. The molecule has 1 amide bonds. The molecule has 1 aromatic carbocycles. The Labute approximate surface area is 142 Å². The summed E-state index contributed by atoms with van der Waals surface area (Å²) in [4.78, 5) is 23.8. The number of ketones is 1. The molecule has 9 heteroatoms. The van der Waals surface area contributed by atoms with Crippen molar-refractivity contribution in [2.45, 2.75) is 25.5 Å². The molecule has 0 fully saturated rings. The molecule has 0 radical (unpaired) electrons. The number of ether oxygens (including phenoxy) is 1. The summed E-state index contributed by atoms with van der Waals surface area (Å²) in [7, 11) is 0. The molecular weight excluding hydrogens is 330 g/mol. The maximum atomic E-state index is 12.4. The average molecular weight is 347 g/mol. The van der Waals surface area contributed by atoms with Crippen molar-refractivity contribution in [3.8, 4) is 5.75 Å². The average Bonchev–Trinajstić information content (AvgIpc) is 2.98. The van der Waals surface area contributed by atoms with Crippen LogP contribution in [0.15, 0.2) is 23.4 Å². The van der Waals surface area contributed by atoms with Gasteiger partial charge in [-0.2, -0.15) is 0 Å². The summed E-state index contributed by atoms with van der Waals surface area (Å²) >= 11 is 1.30. The highest BCUT2D eigenvalue weighted by Gasteiger charge is 2.18. The van der Waals surface area contributed by atoms with Gasteiger partial charge in [-0.15, -0.1) is 5.10 Å². The molecule has 0 unspecified atom stereocenters. The largest absolute Gasteiger partial charge is 0.482 e. The second kappa shape index (κ2) is 7.00. The van der Waals surface area contributed by atoms with E-state index >= 15 is 0 Å². The monoisotopic (exact) mass is 347 g/mol. The number of benzene rings is 1. The molecule has 1 aromatic heterocycles. The second-order valence-electron chi connectivity index (χ2n) is 5.80. The quantitative estimate of drug-likeness (QED) is 0.626. The number of anilines is 1. The SMILES string of the molecule is CC(C)Cn1nnnc1SCC(=O)c1ccc2c(c1)NC(=O)CO2. The van der Waals surface area contributed by atoms with Crippen molar-refractivity contribution < 1.29 is 14.3 Å². The van der Waals surface area contributed by atoms with E-state index in [1.165, 1.54) is 11.8 Å². The standard InChI is InChI=1S/C15H17N5O3S/c1-9(2)6-20-15(17-18-19-20)24-8-12(21)10-3-4-13-11(5-10)16-14(22)7-23-13/h3-5,9H,6-8H2,1-2H3,(H,16,22). The fraction of sp³-hybridized carbons (Fsp3) is 0.400. The van der Waals surface area contributed by atoms with E-state index in [1.54, 1.807) is 22.9 Å². The van der Waals surface area contributed by atoms with Gasteiger partial charge in [0.05, 0.1) is 11.4 Å². The van der Waals surface area contributed by atoms with Gasteiger partial charge in [0.2, 0.25) is 5.16 Å². The molecule has 2 heterocycles. The molecule has 126 valence electrons. The Morgan fingerprint density at radius 2 is 2.29 bits per heavy atom. The van der Waals surface area contributed by atoms with Gasteiger partial charge in [-0.05, 0) is 34.5 Å². The van der Waals surface area contributed by atoms with Gasteiger partial charge >= 0.3 is 0 Å². The highest BCUT2D eigenvalue weighted by atomic mass is 32.2. The highest BCUT2D eigenvalue weighted by molar-refractivity contribution is 7.99. The van der Waals surface area contributed by atoms with Crippen molar-refractivity contribution in [2.75, 3.05) is 17.7 Å². The van der Waals surface area contributed by atoms with E-state index < -0.39 is 0 Å². The normalized spacial score (nSPS) is 13.4. The topological polar surface area (TPSA) is 99.0 Å². The minimum absolute atomic E-state index is 0.00530. The lowest BCUT2D eigenvalue weighted by molar-refractivity contribution is -0.118. The lowest BCUT2D eigenvalue weighted by Crippen LogP contribution is -2.25. The maximum absolute atomic E-state index is 12.4. The van der Waals surface area contributed by atoms with Crippen molar-refractivity contribution in [1.29, 1.82) is 0 Å². The maximum Gasteiger partial charge on any atom is 0.262 e. The van der Waals surface area contributed by atoms with Gasteiger partial charge in [0.15, 0.2) is 12.4 Å². The Bertz CT molecular complexity index is 774. The fourth-order valence-corrected chi connectivity index (χ4v) is 3.01. The molecule has 1 aliphatic rings. The van der Waals surface area contributed by atoms with Gasteiger partial charge in [0.25, 0.3) is 5.91 Å². The van der Waals surface area contributed by atoms with E-state index in [2.05, 4.69) is 34.7 Å². The summed E-state index contributed by atoms with van der Waals surface area (Å²) in [6.07, 6.45) is 0. The van der Waals surface area contributed by atoms with Gasteiger partial charge in [-0.1, -0.05) is 25.6 Å². The number of tetrazole rings is 1. The first-order valence-corrected chi connectivity index (χ1v) is 8.50. The van der Waals surface area contributed by atoms with Crippen LogP contribution in [0.4, 0.5) is 5.69 Å². The Balaban J connectivity index is 1.66. The summed E-state index contributed by atoms with van der Waals surface area (Å²) in [6, 6.07) is 5.01. The third-order valence-corrected chi connectivity index (χ3v) is 4.26. The Hall–Kier alpha value is -2.42. The molecule has 0 atom stereocenters. The Morgan fingerprint density at radius 1 is 1.46 bits per heavy atom. The van der Waals surface area contributed by atoms with E-state index in [4.69, 9.17) is 4.74 Å². The van der Waals surface area contributed by atoms with Crippen molar-refractivity contribution in [1.82, 2.24) is 20.2 Å². The van der Waals surface area contributed by atoms with Crippen LogP contribution in [0, 0.1) is 5.92 Å². The van der Waals surface area contributed by atoms with Gasteiger partial charge in [-0.3, -0.25) is 9.59 Å². The van der Waals surface area contributed by atoms with Crippen LogP contribution < -0.4 is 10.1 Å².